The minimum absolute atomic E-state index is 0.158. The number of hydrogen-bond donors (Lipinski definition) is 1. The van der Waals surface area contributed by atoms with E-state index in [1.54, 1.807) is 20.0 Å². The molecule has 0 fully saturated rings. The lowest BCUT2D eigenvalue weighted by molar-refractivity contribution is -0.0648. The van der Waals surface area contributed by atoms with Crippen molar-refractivity contribution in [2.45, 2.75) is 85.3 Å². The Labute approximate surface area is 348 Å². The fourth-order valence-corrected chi connectivity index (χ4v) is 6.34. The highest BCUT2D eigenvalue weighted by atomic mass is 16.6. The highest BCUT2D eigenvalue weighted by Crippen LogP contribution is 2.07. The maximum absolute atomic E-state index is 13.4. The Bertz CT molecular complexity index is 2260. The number of aliphatic hydroxyl groups is 1. The first-order chi connectivity index (χ1) is 29.2. The van der Waals surface area contributed by atoms with Crippen molar-refractivity contribution in [3.63, 3.8) is 0 Å². The van der Waals surface area contributed by atoms with Crippen molar-refractivity contribution in [3.8, 4) is 0 Å². The summed E-state index contributed by atoms with van der Waals surface area (Å²) in [5.74, 6) is 0. The van der Waals surface area contributed by atoms with E-state index in [0.29, 0.717) is 37.2 Å². The van der Waals surface area contributed by atoms with Gasteiger partial charge in [-0.1, -0.05) is 91.0 Å². The molecule has 322 valence electrons. The zero-order chi connectivity index (χ0) is 42.5. The number of aromatic nitrogens is 4. The zero-order valence-electron chi connectivity index (χ0n) is 34.4. The van der Waals surface area contributed by atoms with Gasteiger partial charge < -0.3 is 33.5 Å². The van der Waals surface area contributed by atoms with Crippen LogP contribution in [-0.4, -0.2) is 75.2 Å². The normalized spacial score (nSPS) is 12.4. The Morgan fingerprint density at radius 1 is 0.517 bits per heavy atom. The summed E-state index contributed by atoms with van der Waals surface area (Å²) < 4.78 is 40.3. The second kappa shape index (κ2) is 24.7. The average molecular weight is 829 g/mol. The fourth-order valence-electron chi connectivity index (χ4n) is 6.34. The van der Waals surface area contributed by atoms with Crippen molar-refractivity contribution in [1.82, 2.24) is 18.3 Å². The van der Waals surface area contributed by atoms with Gasteiger partial charge in [-0.2, -0.15) is 0 Å². The summed E-state index contributed by atoms with van der Waals surface area (Å²) >= 11 is 0. The van der Waals surface area contributed by atoms with Crippen LogP contribution >= 0.6 is 0 Å². The van der Waals surface area contributed by atoms with Crippen LogP contribution in [0.25, 0.3) is 0 Å². The summed E-state index contributed by atoms with van der Waals surface area (Å²) in [6.45, 7) is 5.21. The van der Waals surface area contributed by atoms with E-state index in [1.165, 1.54) is 15.3 Å². The topological polar surface area (TPSA) is 164 Å². The second-order valence-corrected chi connectivity index (χ2v) is 14.3. The minimum Gasteiger partial charge on any atom is -0.394 e. The number of ether oxygens (including phenoxy) is 6. The van der Waals surface area contributed by atoms with Gasteiger partial charge in [-0.25, -0.2) is 18.7 Å². The van der Waals surface area contributed by atoms with E-state index in [4.69, 9.17) is 28.4 Å². The van der Waals surface area contributed by atoms with E-state index in [1.807, 2.05) is 91.0 Å². The van der Waals surface area contributed by atoms with Crippen molar-refractivity contribution in [2.75, 3.05) is 39.6 Å². The van der Waals surface area contributed by atoms with Gasteiger partial charge in [0, 0.05) is 36.6 Å². The fraction of sp³-hybridized carbons (Fsp3) is 0.422. The molecule has 5 aromatic rings. The van der Waals surface area contributed by atoms with E-state index in [0.717, 1.165) is 25.8 Å². The van der Waals surface area contributed by atoms with Gasteiger partial charge in [-0.05, 0) is 43.4 Å². The Kier molecular flexibility index (Phi) is 18.9. The molecule has 2 atom stereocenters. The first-order valence-corrected chi connectivity index (χ1v) is 20.1. The molecular weight excluding hydrogens is 773 g/mol. The van der Waals surface area contributed by atoms with Crippen molar-refractivity contribution >= 4 is 0 Å². The molecule has 0 aliphatic carbocycles. The lowest BCUT2D eigenvalue weighted by atomic mass is 10.2. The Morgan fingerprint density at radius 2 is 0.917 bits per heavy atom. The molecule has 2 aromatic heterocycles. The molecule has 0 spiro atoms. The van der Waals surface area contributed by atoms with Crippen molar-refractivity contribution in [3.05, 3.63) is 173 Å². The van der Waals surface area contributed by atoms with Crippen LogP contribution in [0.3, 0.4) is 0 Å². The molecule has 0 amide bonds. The predicted molar refractivity (Wildman–Crippen MR) is 225 cm³/mol. The third-order valence-corrected chi connectivity index (χ3v) is 9.65. The Hall–Kier alpha value is -5.26. The van der Waals surface area contributed by atoms with Gasteiger partial charge in [-0.3, -0.25) is 18.7 Å². The smallest absolute Gasteiger partial charge is 0.332 e. The van der Waals surface area contributed by atoms with E-state index >= 15 is 0 Å². The molecule has 0 aliphatic rings. The molecular formula is C45H56N4O11. The van der Waals surface area contributed by atoms with Crippen LogP contribution in [0.4, 0.5) is 0 Å². The van der Waals surface area contributed by atoms with Gasteiger partial charge >= 0.3 is 11.4 Å². The maximum atomic E-state index is 13.4. The predicted octanol–water partition coefficient (Wildman–Crippen LogP) is 3.78. The van der Waals surface area contributed by atoms with Gasteiger partial charge in [0.25, 0.3) is 11.1 Å². The van der Waals surface area contributed by atoms with E-state index in [-0.39, 0.29) is 72.8 Å². The van der Waals surface area contributed by atoms with Crippen LogP contribution in [0.1, 0.15) is 40.7 Å². The minimum atomic E-state index is -0.591. The molecule has 0 aliphatic heterocycles. The molecule has 60 heavy (non-hydrogen) atoms. The first-order valence-electron chi connectivity index (χ1n) is 20.1. The number of nitrogens with zero attached hydrogens (tertiary/aromatic N) is 4. The van der Waals surface area contributed by atoms with Crippen LogP contribution in [0.15, 0.2) is 123 Å². The zero-order valence-corrected chi connectivity index (χ0v) is 34.4. The summed E-state index contributed by atoms with van der Waals surface area (Å²) in [4.78, 5) is 52.2. The number of hydrogen-bond acceptors (Lipinski definition) is 11. The van der Waals surface area contributed by atoms with Crippen molar-refractivity contribution in [1.29, 1.82) is 0 Å². The SMILES string of the molecule is Cc1cn(CCC(CO)OCCOC[C@H](CCn2cc(C)c(=O)n(COCc3ccccc3)c2=O)OCCOCc2ccccc2)c(=O)n(COCc2ccccc2)c1=O. The summed E-state index contributed by atoms with van der Waals surface area (Å²) in [5, 5.41) is 10.0. The second-order valence-electron chi connectivity index (χ2n) is 14.3. The summed E-state index contributed by atoms with van der Waals surface area (Å²) in [6.07, 6.45) is 2.74. The summed E-state index contributed by atoms with van der Waals surface area (Å²) in [5.41, 5.74) is 1.87. The molecule has 0 radical (unpaired) electrons. The van der Waals surface area contributed by atoms with Crippen LogP contribution in [-0.2, 0) is 74.8 Å². The van der Waals surface area contributed by atoms with Crippen LogP contribution in [0.5, 0.6) is 0 Å². The van der Waals surface area contributed by atoms with E-state index in [2.05, 4.69) is 0 Å². The van der Waals surface area contributed by atoms with Gasteiger partial charge in [-0.15, -0.1) is 0 Å². The molecule has 2 heterocycles. The van der Waals surface area contributed by atoms with Gasteiger partial charge in [0.15, 0.2) is 0 Å². The third-order valence-electron chi connectivity index (χ3n) is 9.65. The molecule has 15 nitrogen and oxygen atoms in total. The van der Waals surface area contributed by atoms with E-state index < -0.39 is 34.7 Å². The maximum Gasteiger partial charge on any atom is 0.332 e. The molecule has 3 aromatic carbocycles. The molecule has 1 N–H and O–H groups in total. The Balaban J connectivity index is 1.11. The Morgan fingerprint density at radius 3 is 1.37 bits per heavy atom. The van der Waals surface area contributed by atoms with Gasteiger partial charge in [0.1, 0.15) is 13.5 Å². The van der Waals surface area contributed by atoms with E-state index in [9.17, 15) is 24.3 Å². The molecule has 15 heteroatoms. The monoisotopic (exact) mass is 828 g/mol. The average Bonchev–Trinajstić information content (AvgIpc) is 3.27. The first kappa shape index (κ1) is 45.8. The summed E-state index contributed by atoms with van der Waals surface area (Å²) in [6, 6.07) is 28.8. The van der Waals surface area contributed by atoms with Gasteiger partial charge in [0.05, 0.1) is 71.7 Å². The molecule has 1 unspecified atom stereocenters. The lowest BCUT2D eigenvalue weighted by Gasteiger charge is -2.20. The molecule has 0 saturated heterocycles. The van der Waals surface area contributed by atoms with Crippen LogP contribution < -0.4 is 22.5 Å². The lowest BCUT2D eigenvalue weighted by Crippen LogP contribution is -2.41. The third kappa shape index (κ3) is 14.5. The number of aryl methyl sites for hydroxylation is 4. The van der Waals surface area contributed by atoms with Gasteiger partial charge in [0.2, 0.25) is 0 Å². The summed E-state index contributed by atoms with van der Waals surface area (Å²) in [7, 11) is 0. The number of rotatable bonds is 27. The highest BCUT2D eigenvalue weighted by molar-refractivity contribution is 5.15. The highest BCUT2D eigenvalue weighted by Gasteiger charge is 2.16. The molecule has 5 rings (SSSR count). The van der Waals surface area contributed by atoms with Crippen molar-refractivity contribution in [2.24, 2.45) is 0 Å². The van der Waals surface area contributed by atoms with Crippen LogP contribution in [0, 0.1) is 13.8 Å². The largest absolute Gasteiger partial charge is 0.394 e. The van der Waals surface area contributed by atoms with Crippen LogP contribution in [0.2, 0.25) is 0 Å². The molecule has 0 bridgehead atoms. The number of aliphatic hydroxyl groups excluding tert-OH is 1. The number of benzene rings is 3. The quantitative estimate of drug-likeness (QED) is 0.0767. The standard InChI is InChI=1S/C45H56N4O11/c1-35-26-46(44(53)48(42(35)51)33-57-30-38-14-8-4-9-15-38)20-18-40(28-50)59-24-23-56-32-41(60-25-22-55-29-37-12-6-3-7-13-37)19-21-47-27-36(2)43(52)49(45(47)54)34-58-31-39-16-10-5-11-17-39/h3-17,26-27,40-41,50H,18-25,28-34H2,1-2H3/t40?,41-/m0/s1. The van der Waals surface area contributed by atoms with Crippen molar-refractivity contribution < 1.29 is 33.5 Å². The molecule has 0 saturated carbocycles.